The number of hydrogen-bond acceptors (Lipinski definition) is 1. The number of fused-ring (bicyclic) bond motifs is 1. The second-order valence-electron chi connectivity index (χ2n) is 8.41. The van der Waals surface area contributed by atoms with Crippen molar-refractivity contribution in [3.63, 3.8) is 0 Å². The third-order valence-electron chi connectivity index (χ3n) is 5.66. The standard InChI is InChI=1S/C22H27N/c1-22(2,3)18-11-7-10-17(12-18)21-19-14-23(15-20(19)21)13-16-8-5-4-6-9-16/h4-12,19-21H,13-15H2,1-3H3/t19-,20+,21?. The van der Waals surface area contributed by atoms with E-state index in [-0.39, 0.29) is 5.41 Å². The van der Waals surface area contributed by atoms with Crippen molar-refractivity contribution in [2.24, 2.45) is 11.8 Å². The predicted molar refractivity (Wildman–Crippen MR) is 96.6 cm³/mol. The average molecular weight is 305 g/mol. The van der Waals surface area contributed by atoms with Gasteiger partial charge in [0.15, 0.2) is 0 Å². The van der Waals surface area contributed by atoms with Crippen LogP contribution < -0.4 is 0 Å². The fourth-order valence-corrected chi connectivity index (χ4v) is 4.29. The summed E-state index contributed by atoms with van der Waals surface area (Å²) in [6.45, 7) is 10.6. The zero-order valence-corrected chi connectivity index (χ0v) is 14.5. The van der Waals surface area contributed by atoms with Crippen LogP contribution in [0.1, 0.15) is 43.4 Å². The molecule has 0 aromatic heterocycles. The van der Waals surface area contributed by atoms with Crippen LogP contribution in [0, 0.1) is 11.8 Å². The monoisotopic (exact) mass is 305 g/mol. The van der Waals surface area contributed by atoms with Gasteiger partial charge in [-0.3, -0.25) is 4.90 Å². The molecule has 3 atom stereocenters. The minimum absolute atomic E-state index is 0.249. The summed E-state index contributed by atoms with van der Waals surface area (Å²) < 4.78 is 0. The van der Waals surface area contributed by atoms with Crippen LogP contribution in [-0.4, -0.2) is 18.0 Å². The van der Waals surface area contributed by atoms with Gasteiger partial charge in [0.05, 0.1) is 0 Å². The Kier molecular flexibility index (Phi) is 3.57. The van der Waals surface area contributed by atoms with Gasteiger partial charge in [0.1, 0.15) is 0 Å². The Labute approximate surface area is 140 Å². The summed E-state index contributed by atoms with van der Waals surface area (Å²) in [6, 6.07) is 20.2. The molecule has 1 aliphatic carbocycles. The molecule has 1 unspecified atom stereocenters. The molecule has 2 aromatic carbocycles. The van der Waals surface area contributed by atoms with Crippen molar-refractivity contribution in [1.82, 2.24) is 4.90 Å². The van der Waals surface area contributed by atoms with E-state index in [1.54, 1.807) is 5.56 Å². The topological polar surface area (TPSA) is 3.24 Å². The lowest BCUT2D eigenvalue weighted by Gasteiger charge is -2.22. The van der Waals surface area contributed by atoms with Gasteiger partial charge in [-0.15, -0.1) is 0 Å². The Hall–Kier alpha value is -1.60. The molecule has 0 N–H and O–H groups in total. The molecule has 23 heavy (non-hydrogen) atoms. The molecular weight excluding hydrogens is 278 g/mol. The molecule has 1 saturated heterocycles. The van der Waals surface area contributed by atoms with Crippen LogP contribution in [0.5, 0.6) is 0 Å². The van der Waals surface area contributed by atoms with Gasteiger partial charge in [-0.25, -0.2) is 0 Å². The summed E-state index contributed by atoms with van der Waals surface area (Å²) in [7, 11) is 0. The highest BCUT2D eigenvalue weighted by atomic mass is 15.2. The van der Waals surface area contributed by atoms with Gasteiger partial charge in [0, 0.05) is 19.6 Å². The van der Waals surface area contributed by atoms with Gasteiger partial charge in [-0.05, 0) is 39.9 Å². The smallest absolute Gasteiger partial charge is 0.0233 e. The van der Waals surface area contributed by atoms with Crippen molar-refractivity contribution in [1.29, 1.82) is 0 Å². The lowest BCUT2D eigenvalue weighted by molar-refractivity contribution is 0.290. The lowest BCUT2D eigenvalue weighted by Crippen LogP contribution is -2.23. The maximum atomic E-state index is 2.63. The van der Waals surface area contributed by atoms with Gasteiger partial charge in [-0.2, -0.15) is 0 Å². The average Bonchev–Trinajstić information content (AvgIpc) is 3.04. The number of benzene rings is 2. The van der Waals surface area contributed by atoms with Crippen LogP contribution in [0.2, 0.25) is 0 Å². The van der Waals surface area contributed by atoms with Crippen LogP contribution in [0.4, 0.5) is 0 Å². The molecule has 0 radical (unpaired) electrons. The van der Waals surface area contributed by atoms with E-state index in [4.69, 9.17) is 0 Å². The summed E-state index contributed by atoms with van der Waals surface area (Å²) in [5.74, 6) is 2.58. The molecular formula is C22H27N. The first-order chi connectivity index (χ1) is 11.0. The maximum Gasteiger partial charge on any atom is 0.0233 e. The normalized spacial score (nSPS) is 27.0. The zero-order chi connectivity index (χ0) is 16.0. The third-order valence-corrected chi connectivity index (χ3v) is 5.66. The molecule has 0 spiro atoms. The second-order valence-corrected chi connectivity index (χ2v) is 8.41. The Bertz CT molecular complexity index is 671. The van der Waals surface area contributed by atoms with Crippen molar-refractivity contribution >= 4 is 0 Å². The molecule has 2 aromatic rings. The van der Waals surface area contributed by atoms with Crippen LogP contribution in [0.15, 0.2) is 54.6 Å². The van der Waals surface area contributed by atoms with Crippen LogP contribution >= 0.6 is 0 Å². The molecule has 0 amide bonds. The minimum Gasteiger partial charge on any atom is -0.298 e. The van der Waals surface area contributed by atoms with E-state index in [1.165, 1.54) is 24.2 Å². The van der Waals surface area contributed by atoms with Crippen molar-refractivity contribution in [3.05, 3.63) is 71.3 Å². The highest BCUT2D eigenvalue weighted by Gasteiger charge is 2.55. The molecule has 1 nitrogen and oxygen atoms in total. The van der Waals surface area contributed by atoms with E-state index in [2.05, 4.69) is 80.3 Å². The van der Waals surface area contributed by atoms with Gasteiger partial charge >= 0.3 is 0 Å². The van der Waals surface area contributed by atoms with Crippen molar-refractivity contribution < 1.29 is 0 Å². The maximum absolute atomic E-state index is 2.63. The fraction of sp³-hybridized carbons (Fsp3) is 0.455. The first kappa shape index (κ1) is 15.0. The van der Waals surface area contributed by atoms with Crippen molar-refractivity contribution in [3.8, 4) is 0 Å². The van der Waals surface area contributed by atoms with Crippen LogP contribution in [-0.2, 0) is 12.0 Å². The SMILES string of the molecule is CC(C)(C)c1cccc(C2[C@H]3CN(Cc4ccccc4)C[C@@H]23)c1. The molecule has 1 heteroatoms. The Morgan fingerprint density at radius 1 is 0.913 bits per heavy atom. The van der Waals surface area contributed by atoms with E-state index >= 15 is 0 Å². The van der Waals surface area contributed by atoms with E-state index < -0.39 is 0 Å². The third kappa shape index (κ3) is 2.95. The molecule has 4 rings (SSSR count). The summed E-state index contributed by atoms with van der Waals surface area (Å²) >= 11 is 0. The highest BCUT2D eigenvalue weighted by molar-refractivity contribution is 5.36. The first-order valence-electron chi connectivity index (χ1n) is 8.89. The summed E-state index contributed by atoms with van der Waals surface area (Å²) in [5.41, 5.74) is 4.74. The molecule has 1 saturated carbocycles. The molecule has 1 aliphatic heterocycles. The number of hydrogen-bond donors (Lipinski definition) is 0. The first-order valence-corrected chi connectivity index (χ1v) is 8.89. The van der Waals surface area contributed by atoms with Crippen LogP contribution in [0.3, 0.4) is 0 Å². The Morgan fingerprint density at radius 3 is 2.26 bits per heavy atom. The van der Waals surface area contributed by atoms with E-state index in [9.17, 15) is 0 Å². The number of likely N-dealkylation sites (tertiary alicyclic amines) is 1. The Morgan fingerprint density at radius 2 is 1.61 bits per heavy atom. The van der Waals surface area contributed by atoms with E-state index in [0.717, 1.165) is 24.3 Å². The summed E-state index contributed by atoms with van der Waals surface area (Å²) in [5, 5.41) is 0. The molecule has 2 fully saturated rings. The van der Waals surface area contributed by atoms with Gasteiger partial charge in [-0.1, -0.05) is 75.4 Å². The van der Waals surface area contributed by atoms with Gasteiger partial charge in [0.25, 0.3) is 0 Å². The van der Waals surface area contributed by atoms with Gasteiger partial charge in [0.2, 0.25) is 0 Å². The zero-order valence-electron chi connectivity index (χ0n) is 14.5. The minimum atomic E-state index is 0.249. The van der Waals surface area contributed by atoms with E-state index in [1.807, 2.05) is 0 Å². The van der Waals surface area contributed by atoms with Crippen molar-refractivity contribution in [2.75, 3.05) is 13.1 Å². The molecule has 2 aliphatic rings. The van der Waals surface area contributed by atoms with Crippen LogP contribution in [0.25, 0.3) is 0 Å². The number of nitrogens with zero attached hydrogens (tertiary/aromatic N) is 1. The highest BCUT2D eigenvalue weighted by Crippen LogP contribution is 2.58. The number of piperidine rings is 1. The molecule has 120 valence electrons. The van der Waals surface area contributed by atoms with Gasteiger partial charge < -0.3 is 0 Å². The molecule has 1 heterocycles. The largest absolute Gasteiger partial charge is 0.298 e. The Balaban J connectivity index is 1.41. The van der Waals surface area contributed by atoms with E-state index in [0.29, 0.717) is 0 Å². The summed E-state index contributed by atoms with van der Waals surface area (Å²) in [6.07, 6.45) is 0. The predicted octanol–water partition coefficient (Wildman–Crippen LogP) is 4.83. The van der Waals surface area contributed by atoms with Crippen molar-refractivity contribution in [2.45, 2.75) is 38.6 Å². The number of rotatable bonds is 3. The quantitative estimate of drug-likeness (QED) is 0.785. The molecule has 0 bridgehead atoms. The lowest BCUT2D eigenvalue weighted by atomic mass is 9.85. The fourth-order valence-electron chi connectivity index (χ4n) is 4.29. The summed E-state index contributed by atoms with van der Waals surface area (Å²) in [4.78, 5) is 2.63. The second kappa shape index (κ2) is 5.49.